The van der Waals surface area contributed by atoms with Crippen LogP contribution in [0.1, 0.15) is 45.3 Å². The molecule has 5 rings (SSSR count). The van der Waals surface area contributed by atoms with Gasteiger partial charge in [0.2, 0.25) is 0 Å². The van der Waals surface area contributed by atoms with Gasteiger partial charge in [-0.1, -0.05) is 12.1 Å². The summed E-state index contributed by atoms with van der Waals surface area (Å²) in [6.45, 7) is 6.12. The van der Waals surface area contributed by atoms with E-state index in [1.807, 2.05) is 39.0 Å². The van der Waals surface area contributed by atoms with Gasteiger partial charge in [0.1, 0.15) is 17.2 Å². The van der Waals surface area contributed by atoms with Crippen molar-refractivity contribution in [2.75, 3.05) is 11.4 Å². The monoisotopic (exact) mass is 474 g/mol. The number of rotatable bonds is 4. The summed E-state index contributed by atoms with van der Waals surface area (Å²) >= 11 is 0. The molecule has 9 heteroatoms. The molecular formula is C26H27FN6O2. The molecule has 35 heavy (non-hydrogen) atoms. The molecule has 1 fully saturated rings. The van der Waals surface area contributed by atoms with Gasteiger partial charge < -0.3 is 14.8 Å². The highest BCUT2D eigenvalue weighted by Crippen LogP contribution is 2.36. The van der Waals surface area contributed by atoms with Gasteiger partial charge in [0.25, 0.3) is 11.5 Å². The van der Waals surface area contributed by atoms with Gasteiger partial charge >= 0.3 is 0 Å². The van der Waals surface area contributed by atoms with Crippen molar-refractivity contribution in [2.45, 2.75) is 39.3 Å². The smallest absolute Gasteiger partial charge is 0.263 e. The number of aromatic nitrogens is 4. The lowest BCUT2D eigenvalue weighted by Crippen LogP contribution is -2.40. The molecule has 0 spiro atoms. The predicted octanol–water partition coefficient (Wildman–Crippen LogP) is 3.24. The minimum Gasteiger partial charge on any atom is -0.347 e. The maximum atomic E-state index is 14.1. The van der Waals surface area contributed by atoms with Crippen molar-refractivity contribution in [2.24, 2.45) is 7.05 Å². The second-order valence-electron chi connectivity index (χ2n) is 9.18. The number of hydrogen-bond donors (Lipinski definition) is 1. The summed E-state index contributed by atoms with van der Waals surface area (Å²) in [5.74, 6) is -0.0264. The van der Waals surface area contributed by atoms with Crippen LogP contribution in [-0.4, -0.2) is 37.7 Å². The van der Waals surface area contributed by atoms with E-state index in [0.29, 0.717) is 18.8 Å². The average Bonchev–Trinajstić information content (AvgIpc) is 3.43. The number of halogens is 1. The lowest BCUT2D eigenvalue weighted by Gasteiger charge is -2.26. The Morgan fingerprint density at radius 1 is 1.14 bits per heavy atom. The standard InChI is InChI=1S/C26H27FN6O2/c1-15-10-21(26(35)31(4)17(15)3)25(34)29-20-12-22(18-6-5-7-19(27)11-18)32(14-20)24-9-8-23-28-13-16(2)33(23)30-24/h5-11,13,20,22H,12,14H2,1-4H3,(H,29,34)/t20?,22-/m1/s1. The Labute approximate surface area is 202 Å². The van der Waals surface area contributed by atoms with E-state index in [2.05, 4.69) is 15.2 Å². The summed E-state index contributed by atoms with van der Waals surface area (Å²) < 4.78 is 17.4. The van der Waals surface area contributed by atoms with Crippen LogP contribution < -0.4 is 15.8 Å². The van der Waals surface area contributed by atoms with E-state index in [4.69, 9.17) is 5.10 Å². The molecule has 1 N–H and O–H groups in total. The van der Waals surface area contributed by atoms with Gasteiger partial charge in [0, 0.05) is 25.3 Å². The summed E-state index contributed by atoms with van der Waals surface area (Å²) in [4.78, 5) is 32.3. The fourth-order valence-corrected chi connectivity index (χ4v) is 4.76. The van der Waals surface area contributed by atoms with Gasteiger partial charge in [0.15, 0.2) is 5.65 Å². The molecule has 0 radical (unpaired) electrons. The molecule has 1 aliphatic rings. The summed E-state index contributed by atoms with van der Waals surface area (Å²) in [7, 11) is 1.67. The lowest BCUT2D eigenvalue weighted by atomic mass is 10.0. The Hall–Kier alpha value is -4.01. The van der Waals surface area contributed by atoms with Gasteiger partial charge in [-0.05, 0) is 68.7 Å². The normalized spacial score (nSPS) is 17.8. The molecule has 0 bridgehead atoms. The summed E-state index contributed by atoms with van der Waals surface area (Å²) in [6.07, 6.45) is 2.30. The molecule has 1 aromatic carbocycles. The first-order valence-electron chi connectivity index (χ1n) is 11.5. The maximum Gasteiger partial charge on any atom is 0.263 e. The number of benzene rings is 1. The number of nitrogens with zero attached hydrogens (tertiary/aromatic N) is 5. The first kappa shape index (κ1) is 22.8. The van der Waals surface area contributed by atoms with Crippen molar-refractivity contribution >= 4 is 17.4 Å². The zero-order chi connectivity index (χ0) is 24.9. The van der Waals surface area contributed by atoms with Crippen molar-refractivity contribution in [1.82, 2.24) is 24.5 Å². The molecule has 4 heterocycles. The Bertz CT molecular complexity index is 1510. The summed E-state index contributed by atoms with van der Waals surface area (Å²) in [5.41, 5.74) is 3.92. The van der Waals surface area contributed by atoms with E-state index in [9.17, 15) is 14.0 Å². The maximum absolute atomic E-state index is 14.1. The minimum atomic E-state index is -0.410. The largest absolute Gasteiger partial charge is 0.347 e. The van der Waals surface area contributed by atoms with Gasteiger partial charge in [-0.25, -0.2) is 13.9 Å². The van der Waals surface area contributed by atoms with E-state index in [-0.39, 0.29) is 29.0 Å². The highest BCUT2D eigenvalue weighted by Gasteiger charge is 2.36. The van der Waals surface area contributed by atoms with Gasteiger partial charge in [-0.2, -0.15) is 0 Å². The highest BCUT2D eigenvalue weighted by molar-refractivity contribution is 5.94. The zero-order valence-electron chi connectivity index (χ0n) is 20.1. The number of anilines is 1. The Morgan fingerprint density at radius 2 is 1.94 bits per heavy atom. The number of fused-ring (bicyclic) bond motifs is 1. The molecule has 180 valence electrons. The van der Waals surface area contributed by atoms with Gasteiger partial charge in [-0.15, -0.1) is 5.10 Å². The molecule has 2 atom stereocenters. The van der Waals surface area contributed by atoms with Crippen LogP contribution in [0.15, 0.2) is 53.5 Å². The third kappa shape index (κ3) is 4.07. The van der Waals surface area contributed by atoms with E-state index < -0.39 is 5.91 Å². The first-order chi connectivity index (χ1) is 16.7. The fraction of sp³-hybridized carbons (Fsp3) is 0.308. The van der Waals surface area contributed by atoms with Crippen LogP contribution in [-0.2, 0) is 7.05 Å². The minimum absolute atomic E-state index is 0.116. The Kier molecular flexibility index (Phi) is 5.62. The second-order valence-corrected chi connectivity index (χ2v) is 9.18. The van der Waals surface area contributed by atoms with Crippen LogP contribution in [0.5, 0.6) is 0 Å². The molecule has 1 saturated heterocycles. The number of nitrogens with one attached hydrogen (secondary N) is 1. The second kappa shape index (κ2) is 8.65. The number of carbonyl (C=O) groups is 1. The molecule has 3 aromatic heterocycles. The molecule has 1 unspecified atom stereocenters. The zero-order valence-corrected chi connectivity index (χ0v) is 20.1. The molecule has 4 aromatic rings. The van der Waals surface area contributed by atoms with E-state index in [1.54, 1.807) is 29.9 Å². The fourth-order valence-electron chi connectivity index (χ4n) is 4.76. The quantitative estimate of drug-likeness (QED) is 0.491. The molecule has 1 amide bonds. The van der Waals surface area contributed by atoms with Crippen molar-refractivity contribution in [3.05, 3.63) is 92.9 Å². The summed E-state index contributed by atoms with van der Waals surface area (Å²) in [5, 5.41) is 7.79. The number of imidazole rings is 1. The van der Waals surface area contributed by atoms with Crippen molar-refractivity contribution in [3.63, 3.8) is 0 Å². The van der Waals surface area contributed by atoms with E-state index in [0.717, 1.165) is 28.2 Å². The number of pyridine rings is 1. The van der Waals surface area contributed by atoms with E-state index in [1.165, 1.54) is 16.7 Å². The van der Waals surface area contributed by atoms with Crippen LogP contribution in [0.3, 0.4) is 0 Å². The number of carbonyl (C=O) groups excluding carboxylic acids is 1. The number of amides is 1. The molecule has 0 aliphatic carbocycles. The molecular weight excluding hydrogens is 447 g/mol. The highest BCUT2D eigenvalue weighted by atomic mass is 19.1. The van der Waals surface area contributed by atoms with Crippen LogP contribution in [0.25, 0.3) is 5.65 Å². The average molecular weight is 475 g/mol. The molecule has 8 nitrogen and oxygen atoms in total. The van der Waals surface area contributed by atoms with Crippen molar-refractivity contribution in [1.29, 1.82) is 0 Å². The Balaban J connectivity index is 1.48. The van der Waals surface area contributed by atoms with Crippen molar-refractivity contribution in [3.8, 4) is 0 Å². The van der Waals surface area contributed by atoms with Crippen LogP contribution in [0.4, 0.5) is 10.2 Å². The van der Waals surface area contributed by atoms with Crippen LogP contribution in [0.2, 0.25) is 0 Å². The van der Waals surface area contributed by atoms with E-state index >= 15 is 0 Å². The molecule has 1 aliphatic heterocycles. The molecule has 0 saturated carbocycles. The lowest BCUT2D eigenvalue weighted by molar-refractivity contribution is 0.0937. The van der Waals surface area contributed by atoms with Crippen molar-refractivity contribution < 1.29 is 9.18 Å². The SMILES string of the molecule is Cc1cc(C(=O)NC2C[C@H](c3cccc(F)c3)N(c3ccc4ncc(C)n4n3)C2)c(=O)n(C)c1C. The predicted molar refractivity (Wildman–Crippen MR) is 131 cm³/mol. The third-order valence-corrected chi connectivity index (χ3v) is 6.90. The van der Waals surface area contributed by atoms with Gasteiger partial charge in [-0.3, -0.25) is 9.59 Å². The first-order valence-corrected chi connectivity index (χ1v) is 11.5. The summed E-state index contributed by atoms with van der Waals surface area (Å²) in [6, 6.07) is 11.4. The van der Waals surface area contributed by atoms with Gasteiger partial charge in [0.05, 0.1) is 17.9 Å². The number of hydrogen-bond acceptors (Lipinski definition) is 5. The topological polar surface area (TPSA) is 84.5 Å². The third-order valence-electron chi connectivity index (χ3n) is 6.90. The van der Waals surface area contributed by atoms with Crippen LogP contribution in [0, 0.1) is 26.6 Å². The number of aryl methyl sites for hydroxylation is 2. The van der Waals surface area contributed by atoms with Crippen LogP contribution >= 0.6 is 0 Å². The Morgan fingerprint density at radius 3 is 2.71 bits per heavy atom.